The van der Waals surface area contributed by atoms with E-state index >= 15 is 0 Å². The fourth-order valence-corrected chi connectivity index (χ4v) is 3.70. The van der Waals surface area contributed by atoms with Crippen LogP contribution in [0.4, 0.5) is 0 Å². The molecule has 0 saturated heterocycles. The highest BCUT2D eigenvalue weighted by atomic mass is 32.2. The molecule has 0 aliphatic rings. The summed E-state index contributed by atoms with van der Waals surface area (Å²) in [6.45, 7) is 0. The molecule has 0 atom stereocenters. The molecule has 0 amide bonds. The van der Waals surface area contributed by atoms with Crippen molar-refractivity contribution in [2.24, 2.45) is 0 Å². The number of nitrogens with one attached hydrogen (secondary N) is 1. The molecule has 0 radical (unpaired) electrons. The Kier molecular flexibility index (Phi) is 3.48. The molecule has 1 N–H and O–H groups in total. The lowest BCUT2D eigenvalue weighted by Crippen LogP contribution is -2.03. The molecule has 0 saturated carbocycles. The van der Waals surface area contributed by atoms with Gasteiger partial charge in [-0.2, -0.15) is 0 Å². The second-order valence-corrected chi connectivity index (χ2v) is 6.68. The van der Waals surface area contributed by atoms with E-state index in [1.54, 1.807) is 18.2 Å². The van der Waals surface area contributed by atoms with E-state index in [9.17, 15) is 8.42 Å². The SMILES string of the molecule is O=S(=O)(c1ccccc1)c1[nH]c(-c2ccccc2)nc1[S-]. The quantitative estimate of drug-likeness (QED) is 0.755. The number of sulfone groups is 1. The van der Waals surface area contributed by atoms with Gasteiger partial charge in [-0.15, -0.1) is 0 Å². The lowest BCUT2D eigenvalue weighted by Gasteiger charge is -2.06. The van der Waals surface area contributed by atoms with Gasteiger partial charge < -0.3 is 17.6 Å². The van der Waals surface area contributed by atoms with E-state index in [1.807, 2.05) is 30.3 Å². The number of imidazole rings is 1. The maximum absolute atomic E-state index is 12.6. The first-order valence-corrected chi connectivity index (χ1v) is 8.11. The van der Waals surface area contributed by atoms with Crippen LogP contribution < -0.4 is 0 Å². The molecule has 0 spiro atoms. The fourth-order valence-electron chi connectivity index (χ4n) is 1.97. The minimum Gasteiger partial charge on any atom is -0.757 e. The molecular formula is C15H11N2O2S2-. The van der Waals surface area contributed by atoms with Crippen molar-refractivity contribution in [3.05, 3.63) is 60.7 Å². The monoisotopic (exact) mass is 315 g/mol. The van der Waals surface area contributed by atoms with Crippen LogP contribution in [0.25, 0.3) is 11.4 Å². The zero-order valence-corrected chi connectivity index (χ0v) is 12.5. The molecule has 2 aromatic carbocycles. The highest BCUT2D eigenvalue weighted by molar-refractivity contribution is 7.91. The lowest BCUT2D eigenvalue weighted by molar-refractivity contribution is 0.590. The molecule has 0 fully saturated rings. The Balaban J connectivity index is 2.11. The zero-order chi connectivity index (χ0) is 14.9. The molecule has 106 valence electrons. The molecule has 3 rings (SSSR count). The number of aromatic nitrogens is 2. The molecule has 0 aliphatic carbocycles. The summed E-state index contributed by atoms with van der Waals surface area (Å²) in [6, 6.07) is 17.4. The molecule has 21 heavy (non-hydrogen) atoms. The Hall–Kier alpha value is -2.18. The van der Waals surface area contributed by atoms with Gasteiger partial charge >= 0.3 is 0 Å². The number of hydrogen-bond acceptors (Lipinski definition) is 4. The van der Waals surface area contributed by atoms with Crippen LogP contribution >= 0.6 is 0 Å². The lowest BCUT2D eigenvalue weighted by atomic mass is 10.2. The van der Waals surface area contributed by atoms with E-state index in [4.69, 9.17) is 12.6 Å². The Labute approximate surface area is 128 Å². The average Bonchev–Trinajstić information content (AvgIpc) is 2.92. The van der Waals surface area contributed by atoms with Gasteiger partial charge in [-0.25, -0.2) is 8.42 Å². The summed E-state index contributed by atoms with van der Waals surface area (Å²) < 4.78 is 25.1. The molecule has 4 nitrogen and oxygen atoms in total. The van der Waals surface area contributed by atoms with Gasteiger partial charge in [-0.3, -0.25) is 4.98 Å². The Morgan fingerprint density at radius 1 is 0.905 bits per heavy atom. The third-order valence-electron chi connectivity index (χ3n) is 3.01. The predicted molar refractivity (Wildman–Crippen MR) is 81.5 cm³/mol. The highest BCUT2D eigenvalue weighted by Crippen LogP contribution is 2.25. The molecule has 0 bridgehead atoms. The van der Waals surface area contributed by atoms with Crippen molar-refractivity contribution in [2.75, 3.05) is 0 Å². The van der Waals surface area contributed by atoms with Gasteiger partial charge in [0.25, 0.3) is 0 Å². The van der Waals surface area contributed by atoms with Crippen molar-refractivity contribution in [1.82, 2.24) is 9.97 Å². The minimum atomic E-state index is -3.68. The van der Waals surface area contributed by atoms with Crippen LogP contribution in [-0.2, 0) is 22.5 Å². The topological polar surface area (TPSA) is 62.8 Å². The summed E-state index contributed by atoms with van der Waals surface area (Å²) >= 11 is 5.10. The van der Waals surface area contributed by atoms with Gasteiger partial charge in [0.05, 0.1) is 4.90 Å². The number of H-pyrrole nitrogens is 1. The molecule has 3 aromatic rings. The smallest absolute Gasteiger partial charge is 0.221 e. The standard InChI is InChI=1S/C15H12N2O2S2/c18-21(19,12-9-5-2-6-10-12)15-14(20)16-13(17-15)11-7-3-1-4-8-11/h1-10,20H,(H,16,17)/p-1. The van der Waals surface area contributed by atoms with Crippen molar-refractivity contribution < 1.29 is 8.42 Å². The van der Waals surface area contributed by atoms with Crippen molar-refractivity contribution in [2.45, 2.75) is 14.9 Å². The van der Waals surface area contributed by atoms with Gasteiger partial charge in [0.15, 0.2) is 0 Å². The molecule has 1 heterocycles. The predicted octanol–water partition coefficient (Wildman–Crippen LogP) is 2.82. The van der Waals surface area contributed by atoms with Gasteiger partial charge in [-0.1, -0.05) is 48.5 Å². The Morgan fingerprint density at radius 3 is 2.10 bits per heavy atom. The van der Waals surface area contributed by atoms with Crippen molar-refractivity contribution in [3.63, 3.8) is 0 Å². The highest BCUT2D eigenvalue weighted by Gasteiger charge is 2.21. The molecule has 0 aliphatic heterocycles. The molecule has 1 aromatic heterocycles. The first kappa shape index (κ1) is 13.8. The normalized spacial score (nSPS) is 11.4. The number of hydrogen-bond donors (Lipinski definition) is 1. The van der Waals surface area contributed by atoms with E-state index in [1.165, 1.54) is 12.1 Å². The molecule has 0 unspecified atom stereocenters. The second kappa shape index (κ2) is 5.31. The third kappa shape index (κ3) is 2.55. The van der Waals surface area contributed by atoms with Crippen molar-refractivity contribution in [1.29, 1.82) is 0 Å². The maximum atomic E-state index is 12.6. The zero-order valence-electron chi connectivity index (χ0n) is 10.9. The van der Waals surface area contributed by atoms with E-state index in [-0.39, 0.29) is 14.9 Å². The fraction of sp³-hybridized carbons (Fsp3) is 0. The maximum Gasteiger partial charge on any atom is 0.221 e. The van der Waals surface area contributed by atoms with Gasteiger partial charge in [-0.05, 0) is 17.2 Å². The van der Waals surface area contributed by atoms with Gasteiger partial charge in [0.2, 0.25) is 9.84 Å². The first-order valence-electron chi connectivity index (χ1n) is 6.21. The summed E-state index contributed by atoms with van der Waals surface area (Å²) in [6.07, 6.45) is 0. The van der Waals surface area contributed by atoms with E-state index in [0.29, 0.717) is 5.82 Å². The number of benzene rings is 2. The van der Waals surface area contributed by atoms with Gasteiger partial charge in [0, 0.05) is 5.56 Å². The van der Waals surface area contributed by atoms with Crippen LogP contribution in [-0.4, -0.2) is 18.4 Å². The Bertz CT molecular complexity index is 857. The molecule has 6 heteroatoms. The third-order valence-corrected chi connectivity index (χ3v) is 5.16. The average molecular weight is 315 g/mol. The second-order valence-electron chi connectivity index (χ2n) is 4.40. The number of rotatable bonds is 3. The Morgan fingerprint density at radius 2 is 1.48 bits per heavy atom. The van der Waals surface area contributed by atoms with Crippen molar-refractivity contribution in [3.8, 4) is 11.4 Å². The molecular weight excluding hydrogens is 304 g/mol. The van der Waals surface area contributed by atoms with Crippen LogP contribution in [0.2, 0.25) is 0 Å². The summed E-state index contributed by atoms with van der Waals surface area (Å²) in [5.41, 5.74) is 0.790. The number of nitrogens with zero attached hydrogens (tertiary/aromatic N) is 1. The summed E-state index contributed by atoms with van der Waals surface area (Å²) in [5.74, 6) is 0.454. The van der Waals surface area contributed by atoms with E-state index in [0.717, 1.165) is 5.56 Å². The number of aromatic amines is 1. The van der Waals surface area contributed by atoms with Crippen molar-refractivity contribution >= 4 is 22.5 Å². The van der Waals surface area contributed by atoms with Crippen LogP contribution in [0, 0.1) is 0 Å². The van der Waals surface area contributed by atoms with E-state index in [2.05, 4.69) is 9.97 Å². The van der Waals surface area contributed by atoms with E-state index < -0.39 is 9.84 Å². The van der Waals surface area contributed by atoms with Crippen LogP contribution in [0.5, 0.6) is 0 Å². The summed E-state index contributed by atoms with van der Waals surface area (Å²) in [7, 11) is -3.68. The van der Waals surface area contributed by atoms with Gasteiger partial charge in [0.1, 0.15) is 10.9 Å². The summed E-state index contributed by atoms with van der Waals surface area (Å²) in [4.78, 5) is 7.18. The van der Waals surface area contributed by atoms with Crippen LogP contribution in [0.15, 0.2) is 75.6 Å². The first-order chi connectivity index (χ1) is 10.1. The minimum absolute atomic E-state index is 0.0393. The van der Waals surface area contributed by atoms with Crippen LogP contribution in [0.1, 0.15) is 0 Å². The summed E-state index contributed by atoms with van der Waals surface area (Å²) in [5, 5.41) is 0.0141. The largest absolute Gasteiger partial charge is 0.757 e. The van der Waals surface area contributed by atoms with Crippen LogP contribution in [0.3, 0.4) is 0 Å².